The molecule has 0 aliphatic rings. The summed E-state index contributed by atoms with van der Waals surface area (Å²) in [4.78, 5) is 28.3. The molecule has 0 bridgehead atoms. The number of benzene rings is 2. The summed E-state index contributed by atoms with van der Waals surface area (Å²) < 4.78 is 26.8. The molecule has 0 saturated carbocycles. The van der Waals surface area contributed by atoms with E-state index in [1.807, 2.05) is 17.5 Å². The number of hydrogen-bond donors (Lipinski definition) is 2. The molecule has 1 heterocycles. The molecule has 1 aromatic heterocycles. The lowest BCUT2D eigenvalue weighted by Crippen LogP contribution is -2.30. The van der Waals surface area contributed by atoms with Gasteiger partial charge in [0.15, 0.2) is 5.13 Å². The monoisotopic (exact) mass is 472 g/mol. The zero-order chi connectivity index (χ0) is 23.3. The van der Waals surface area contributed by atoms with Gasteiger partial charge in [-0.25, -0.2) is 13.4 Å². The van der Waals surface area contributed by atoms with E-state index < -0.39 is 15.9 Å². The van der Waals surface area contributed by atoms with Crippen molar-refractivity contribution >= 4 is 44.0 Å². The second kappa shape index (κ2) is 10.0. The summed E-state index contributed by atoms with van der Waals surface area (Å²) in [6.45, 7) is 5.68. The second-order valence-electron chi connectivity index (χ2n) is 6.87. The Labute approximate surface area is 191 Å². The predicted octanol–water partition coefficient (Wildman–Crippen LogP) is 4.05. The number of nitrogens with zero attached hydrogens (tertiary/aromatic N) is 2. The molecule has 2 N–H and O–H groups in total. The minimum absolute atomic E-state index is 0.0768. The third-order valence-corrected chi connectivity index (χ3v) is 7.47. The second-order valence-corrected chi connectivity index (χ2v) is 9.66. The molecule has 32 heavy (non-hydrogen) atoms. The standard InChI is InChI=1S/C22H24N4O4S2/c1-4-26(5-2)32(29,30)19-8-6-7-17(13-19)21(28)25-22-24-20(14-31-22)16-9-11-18(12-10-16)23-15(3)27/h6-14H,4-5H2,1-3H3,(H,23,27)(H,24,25,28). The lowest BCUT2D eigenvalue weighted by molar-refractivity contribution is -0.114. The van der Waals surface area contributed by atoms with Gasteiger partial charge in [0.2, 0.25) is 15.9 Å². The largest absolute Gasteiger partial charge is 0.326 e. The van der Waals surface area contributed by atoms with Crippen LogP contribution in [0.1, 0.15) is 31.1 Å². The van der Waals surface area contributed by atoms with Crippen molar-refractivity contribution in [3.05, 3.63) is 59.5 Å². The molecule has 3 aromatic rings. The van der Waals surface area contributed by atoms with E-state index in [9.17, 15) is 18.0 Å². The zero-order valence-corrected chi connectivity index (χ0v) is 19.6. The molecule has 8 nitrogen and oxygen atoms in total. The molecule has 0 radical (unpaired) electrons. The van der Waals surface area contributed by atoms with Crippen molar-refractivity contribution in [2.45, 2.75) is 25.7 Å². The number of amides is 2. The van der Waals surface area contributed by atoms with Gasteiger partial charge in [-0.05, 0) is 30.3 Å². The quantitative estimate of drug-likeness (QED) is 0.514. The molecule has 0 spiro atoms. The Morgan fingerprint density at radius 1 is 1.03 bits per heavy atom. The number of anilines is 2. The van der Waals surface area contributed by atoms with Crippen LogP contribution in [0.5, 0.6) is 0 Å². The predicted molar refractivity (Wildman–Crippen MR) is 126 cm³/mol. The van der Waals surface area contributed by atoms with Gasteiger partial charge < -0.3 is 5.32 Å². The topological polar surface area (TPSA) is 108 Å². The average Bonchev–Trinajstić information content (AvgIpc) is 3.23. The van der Waals surface area contributed by atoms with Crippen LogP contribution >= 0.6 is 11.3 Å². The summed E-state index contributed by atoms with van der Waals surface area (Å²) in [5.74, 6) is -0.589. The number of sulfonamides is 1. The first-order chi connectivity index (χ1) is 15.2. The summed E-state index contributed by atoms with van der Waals surface area (Å²) in [5, 5.41) is 7.63. The highest BCUT2D eigenvalue weighted by molar-refractivity contribution is 7.89. The number of carbonyl (C=O) groups is 2. The van der Waals surface area contributed by atoms with Crippen molar-refractivity contribution in [1.82, 2.24) is 9.29 Å². The molecule has 0 aliphatic heterocycles. The van der Waals surface area contributed by atoms with E-state index in [-0.39, 0.29) is 16.4 Å². The van der Waals surface area contributed by atoms with Crippen molar-refractivity contribution in [3.8, 4) is 11.3 Å². The van der Waals surface area contributed by atoms with Crippen LogP contribution in [0.2, 0.25) is 0 Å². The van der Waals surface area contributed by atoms with Crippen LogP contribution in [0, 0.1) is 0 Å². The minimum atomic E-state index is -3.66. The first-order valence-corrected chi connectivity index (χ1v) is 12.3. The molecule has 168 valence electrons. The number of thiazole rings is 1. The van der Waals surface area contributed by atoms with E-state index in [0.29, 0.717) is 29.6 Å². The summed E-state index contributed by atoms with van der Waals surface area (Å²) in [7, 11) is -3.66. The van der Waals surface area contributed by atoms with Crippen molar-refractivity contribution in [1.29, 1.82) is 0 Å². The maximum atomic E-state index is 12.7. The van der Waals surface area contributed by atoms with Crippen molar-refractivity contribution in [2.75, 3.05) is 23.7 Å². The first kappa shape index (κ1) is 23.6. The molecule has 2 amide bonds. The molecular weight excluding hydrogens is 448 g/mol. The molecule has 10 heteroatoms. The Hall–Kier alpha value is -3.08. The van der Waals surface area contributed by atoms with Crippen LogP contribution in [0.25, 0.3) is 11.3 Å². The van der Waals surface area contributed by atoms with Gasteiger partial charge in [0.05, 0.1) is 10.6 Å². The maximum Gasteiger partial charge on any atom is 0.257 e. The van der Waals surface area contributed by atoms with Gasteiger partial charge >= 0.3 is 0 Å². The van der Waals surface area contributed by atoms with E-state index in [4.69, 9.17) is 0 Å². The van der Waals surface area contributed by atoms with Crippen LogP contribution in [0.4, 0.5) is 10.8 Å². The molecular formula is C22H24N4O4S2. The van der Waals surface area contributed by atoms with E-state index in [1.165, 1.54) is 34.7 Å². The van der Waals surface area contributed by atoms with Crippen LogP contribution < -0.4 is 10.6 Å². The fourth-order valence-corrected chi connectivity index (χ4v) is 5.29. The Morgan fingerprint density at radius 2 is 1.72 bits per heavy atom. The minimum Gasteiger partial charge on any atom is -0.326 e. The number of rotatable bonds is 8. The number of carbonyl (C=O) groups excluding carboxylic acids is 2. The first-order valence-electron chi connectivity index (χ1n) is 9.99. The van der Waals surface area contributed by atoms with Gasteiger partial charge in [0.1, 0.15) is 0 Å². The lowest BCUT2D eigenvalue weighted by atomic mass is 10.1. The average molecular weight is 473 g/mol. The number of aromatic nitrogens is 1. The highest BCUT2D eigenvalue weighted by Crippen LogP contribution is 2.26. The highest BCUT2D eigenvalue weighted by atomic mass is 32.2. The smallest absolute Gasteiger partial charge is 0.257 e. The van der Waals surface area contributed by atoms with Crippen LogP contribution in [-0.2, 0) is 14.8 Å². The van der Waals surface area contributed by atoms with Gasteiger partial charge in [-0.2, -0.15) is 4.31 Å². The molecule has 0 aliphatic carbocycles. The third kappa shape index (κ3) is 5.39. The molecule has 2 aromatic carbocycles. The van der Waals surface area contributed by atoms with Gasteiger partial charge in [-0.3, -0.25) is 14.9 Å². The molecule has 0 fully saturated rings. The van der Waals surface area contributed by atoms with Crippen LogP contribution in [0.15, 0.2) is 58.8 Å². The highest BCUT2D eigenvalue weighted by Gasteiger charge is 2.22. The normalized spacial score (nSPS) is 11.4. The van der Waals surface area contributed by atoms with Crippen molar-refractivity contribution < 1.29 is 18.0 Å². The van der Waals surface area contributed by atoms with E-state index in [2.05, 4.69) is 15.6 Å². The van der Waals surface area contributed by atoms with Crippen molar-refractivity contribution in [3.63, 3.8) is 0 Å². The fourth-order valence-electron chi connectivity index (χ4n) is 3.07. The molecule has 3 rings (SSSR count). The summed E-state index contributed by atoms with van der Waals surface area (Å²) in [6.07, 6.45) is 0. The van der Waals surface area contributed by atoms with E-state index >= 15 is 0 Å². The van der Waals surface area contributed by atoms with Gasteiger partial charge in [-0.1, -0.05) is 32.0 Å². The Balaban J connectivity index is 1.75. The van der Waals surface area contributed by atoms with E-state index in [0.717, 1.165) is 5.56 Å². The van der Waals surface area contributed by atoms with Crippen LogP contribution in [0.3, 0.4) is 0 Å². The lowest BCUT2D eigenvalue weighted by Gasteiger charge is -2.18. The van der Waals surface area contributed by atoms with Gasteiger partial charge in [0, 0.05) is 42.2 Å². The summed E-state index contributed by atoms with van der Waals surface area (Å²) in [5.41, 5.74) is 2.43. The maximum absolute atomic E-state index is 12.7. The number of hydrogen-bond acceptors (Lipinski definition) is 6. The fraction of sp³-hybridized carbons (Fsp3) is 0.227. The summed E-state index contributed by atoms with van der Waals surface area (Å²) in [6, 6.07) is 13.2. The molecule has 0 atom stereocenters. The molecule has 0 saturated heterocycles. The molecule has 0 unspecified atom stereocenters. The Morgan fingerprint density at radius 3 is 2.34 bits per heavy atom. The van der Waals surface area contributed by atoms with Crippen LogP contribution in [-0.4, -0.2) is 42.6 Å². The SMILES string of the molecule is CCN(CC)S(=O)(=O)c1cccc(C(=O)Nc2nc(-c3ccc(NC(C)=O)cc3)cs2)c1. The summed E-state index contributed by atoms with van der Waals surface area (Å²) >= 11 is 1.26. The van der Waals surface area contributed by atoms with Gasteiger partial charge in [0.25, 0.3) is 5.91 Å². The Bertz CT molecular complexity index is 1220. The third-order valence-electron chi connectivity index (χ3n) is 4.67. The Kier molecular flexibility index (Phi) is 7.39. The zero-order valence-electron chi connectivity index (χ0n) is 18.0. The van der Waals surface area contributed by atoms with Crippen molar-refractivity contribution in [2.24, 2.45) is 0 Å². The van der Waals surface area contributed by atoms with E-state index in [1.54, 1.807) is 38.1 Å². The number of nitrogens with one attached hydrogen (secondary N) is 2. The van der Waals surface area contributed by atoms with Gasteiger partial charge in [-0.15, -0.1) is 11.3 Å².